The highest BCUT2D eigenvalue weighted by molar-refractivity contribution is 7.89. The first kappa shape index (κ1) is 19.7. The summed E-state index contributed by atoms with van der Waals surface area (Å²) in [6, 6.07) is 8.74. The molecule has 9 heteroatoms. The summed E-state index contributed by atoms with van der Waals surface area (Å²) in [4.78, 5) is 22.1. The monoisotopic (exact) mass is 428 g/mol. The molecule has 1 N–H and O–H groups in total. The summed E-state index contributed by atoms with van der Waals surface area (Å²) < 4.78 is 28.0. The van der Waals surface area contributed by atoms with Crippen LogP contribution in [0.5, 0.6) is 0 Å². The number of carbonyl (C=O) groups is 1. The van der Waals surface area contributed by atoms with E-state index in [9.17, 15) is 13.2 Å². The van der Waals surface area contributed by atoms with Gasteiger partial charge in [-0.3, -0.25) is 9.78 Å². The van der Waals surface area contributed by atoms with Crippen molar-refractivity contribution in [2.75, 3.05) is 18.0 Å². The molecular formula is C20H20N4O3S2. The van der Waals surface area contributed by atoms with E-state index in [4.69, 9.17) is 0 Å². The lowest BCUT2D eigenvalue weighted by Crippen LogP contribution is -2.27. The molecule has 1 amide bonds. The van der Waals surface area contributed by atoms with Crippen LogP contribution in [0.25, 0.3) is 11.3 Å². The van der Waals surface area contributed by atoms with E-state index in [0.29, 0.717) is 18.7 Å². The Kier molecular flexibility index (Phi) is 5.44. The van der Waals surface area contributed by atoms with E-state index in [1.54, 1.807) is 35.5 Å². The van der Waals surface area contributed by atoms with Crippen molar-refractivity contribution >= 4 is 33.0 Å². The van der Waals surface area contributed by atoms with Crippen molar-refractivity contribution < 1.29 is 13.2 Å². The number of amides is 1. The fraction of sp³-hybridized carbons (Fsp3) is 0.250. The van der Waals surface area contributed by atoms with Crippen molar-refractivity contribution in [1.82, 2.24) is 14.7 Å². The lowest BCUT2D eigenvalue weighted by atomic mass is 10.2. The quantitative estimate of drug-likeness (QED) is 0.652. The van der Waals surface area contributed by atoms with Gasteiger partial charge in [-0.1, -0.05) is 6.07 Å². The van der Waals surface area contributed by atoms with E-state index < -0.39 is 10.0 Å². The third kappa shape index (κ3) is 4.21. The molecule has 3 heterocycles. The van der Waals surface area contributed by atoms with Crippen LogP contribution in [0.2, 0.25) is 0 Å². The highest BCUT2D eigenvalue weighted by Gasteiger charge is 2.25. The Bertz CT molecular complexity index is 1140. The molecule has 0 bridgehead atoms. The lowest BCUT2D eigenvalue weighted by Gasteiger charge is -2.15. The normalized spacial score (nSPS) is 13.5. The number of nitrogens with one attached hydrogen (secondary N) is 1. The van der Waals surface area contributed by atoms with Gasteiger partial charge in [-0.15, -0.1) is 11.3 Å². The summed E-state index contributed by atoms with van der Waals surface area (Å²) >= 11 is 1.50. The molecule has 0 atom stereocenters. The molecule has 0 unspecified atom stereocenters. The first-order chi connectivity index (χ1) is 13.9. The van der Waals surface area contributed by atoms with Crippen molar-refractivity contribution in [3.63, 3.8) is 0 Å². The fourth-order valence-electron chi connectivity index (χ4n) is 3.31. The molecule has 0 saturated heterocycles. The number of hydrogen-bond acceptors (Lipinski definition) is 6. The molecule has 29 heavy (non-hydrogen) atoms. The number of sulfonamides is 1. The van der Waals surface area contributed by atoms with Gasteiger partial charge in [-0.05, 0) is 36.2 Å². The average Bonchev–Trinajstić information content (AvgIpc) is 3.35. The molecule has 0 fully saturated rings. The average molecular weight is 429 g/mol. The van der Waals surface area contributed by atoms with Gasteiger partial charge in [0.15, 0.2) is 0 Å². The van der Waals surface area contributed by atoms with E-state index >= 15 is 0 Å². The molecule has 1 aliphatic rings. The fourth-order valence-corrected chi connectivity index (χ4v) is 5.17. The van der Waals surface area contributed by atoms with E-state index in [1.807, 2.05) is 17.5 Å². The second-order valence-corrected chi connectivity index (χ2v) is 9.43. The van der Waals surface area contributed by atoms with Gasteiger partial charge in [-0.2, -0.15) is 0 Å². The second kappa shape index (κ2) is 8.02. The molecule has 7 nitrogen and oxygen atoms in total. The Labute approximate surface area is 173 Å². The highest BCUT2D eigenvalue weighted by atomic mass is 32.2. The van der Waals surface area contributed by atoms with Crippen LogP contribution in [0, 0.1) is 0 Å². The minimum Gasteiger partial charge on any atom is -0.312 e. The third-order valence-corrected chi connectivity index (χ3v) is 7.17. The maximum atomic E-state index is 12.7. The van der Waals surface area contributed by atoms with E-state index in [1.165, 1.54) is 18.3 Å². The smallest absolute Gasteiger partial charge is 0.240 e. The van der Waals surface area contributed by atoms with Gasteiger partial charge in [0.05, 0.1) is 15.6 Å². The minimum atomic E-state index is -3.67. The molecule has 1 aromatic carbocycles. The van der Waals surface area contributed by atoms with Crippen LogP contribution in [0.1, 0.15) is 17.5 Å². The Morgan fingerprint density at radius 2 is 2.03 bits per heavy atom. The summed E-state index contributed by atoms with van der Waals surface area (Å²) in [5, 5.41) is 2.81. The SMILES string of the molecule is CC(=O)N1CCc2ccc(S(=O)(=O)NCCc3nc(-c4ccncc4)cs3)cc21. The van der Waals surface area contributed by atoms with E-state index in [2.05, 4.69) is 14.7 Å². The Morgan fingerprint density at radius 1 is 1.24 bits per heavy atom. The Balaban J connectivity index is 1.42. The maximum absolute atomic E-state index is 12.7. The molecule has 150 valence electrons. The number of aromatic nitrogens is 2. The standard InChI is InChI=1S/C20H20N4O3S2/c1-14(25)24-11-7-16-2-3-17(12-19(16)24)29(26,27)22-10-6-20-23-18(13-28-20)15-4-8-21-9-5-15/h2-5,8-9,12-13,22H,6-7,10-11H2,1H3. The number of fused-ring (bicyclic) bond motifs is 1. The molecule has 4 rings (SSSR count). The van der Waals surface area contributed by atoms with Gasteiger partial charge >= 0.3 is 0 Å². The van der Waals surface area contributed by atoms with Crippen molar-refractivity contribution in [2.45, 2.75) is 24.7 Å². The number of thiazole rings is 1. The third-order valence-electron chi connectivity index (χ3n) is 4.80. The van der Waals surface area contributed by atoms with Crippen LogP contribution in [-0.4, -0.2) is 37.4 Å². The van der Waals surface area contributed by atoms with Gasteiger partial charge in [0.25, 0.3) is 0 Å². The zero-order valence-electron chi connectivity index (χ0n) is 15.8. The molecule has 0 radical (unpaired) electrons. The summed E-state index contributed by atoms with van der Waals surface area (Å²) in [5.74, 6) is -0.0833. The topological polar surface area (TPSA) is 92.3 Å². The number of rotatable bonds is 6. The van der Waals surface area contributed by atoms with Gasteiger partial charge in [0.2, 0.25) is 15.9 Å². The first-order valence-corrected chi connectivity index (χ1v) is 11.6. The number of hydrogen-bond donors (Lipinski definition) is 1. The zero-order chi connectivity index (χ0) is 20.4. The second-order valence-electron chi connectivity index (χ2n) is 6.72. The van der Waals surface area contributed by atoms with Crippen LogP contribution in [0.15, 0.2) is 53.0 Å². The van der Waals surface area contributed by atoms with Gasteiger partial charge < -0.3 is 4.90 Å². The van der Waals surface area contributed by atoms with Gasteiger partial charge in [0.1, 0.15) is 0 Å². The molecular weight excluding hydrogens is 408 g/mol. The predicted molar refractivity (Wildman–Crippen MR) is 112 cm³/mol. The van der Waals surface area contributed by atoms with Gasteiger partial charge in [0, 0.05) is 55.5 Å². The molecule has 3 aromatic rings. The van der Waals surface area contributed by atoms with Crippen LogP contribution in [0.3, 0.4) is 0 Å². The van der Waals surface area contributed by atoms with Crippen molar-refractivity contribution in [1.29, 1.82) is 0 Å². The Morgan fingerprint density at radius 3 is 2.79 bits per heavy atom. The predicted octanol–water partition coefficient (Wildman–Crippen LogP) is 2.64. The first-order valence-electron chi connectivity index (χ1n) is 9.19. The summed E-state index contributed by atoms with van der Waals surface area (Å²) in [6.07, 6.45) is 4.67. The van der Waals surface area contributed by atoms with Crippen LogP contribution in [-0.2, 0) is 27.7 Å². The number of nitrogens with zero attached hydrogens (tertiary/aromatic N) is 3. The molecule has 0 saturated carbocycles. The molecule has 0 aliphatic carbocycles. The van der Waals surface area contributed by atoms with Crippen molar-refractivity contribution in [2.24, 2.45) is 0 Å². The zero-order valence-corrected chi connectivity index (χ0v) is 17.5. The van der Waals surface area contributed by atoms with Crippen molar-refractivity contribution in [3.05, 3.63) is 58.7 Å². The number of carbonyl (C=O) groups excluding carboxylic acids is 1. The van der Waals surface area contributed by atoms with E-state index in [0.717, 1.165) is 28.2 Å². The maximum Gasteiger partial charge on any atom is 0.240 e. The Hall–Kier alpha value is -2.62. The van der Waals surface area contributed by atoms with Gasteiger partial charge in [-0.25, -0.2) is 18.1 Å². The lowest BCUT2D eigenvalue weighted by molar-refractivity contribution is -0.116. The van der Waals surface area contributed by atoms with E-state index in [-0.39, 0.29) is 17.3 Å². The minimum absolute atomic E-state index is 0.0833. The largest absolute Gasteiger partial charge is 0.312 e. The van der Waals surface area contributed by atoms with Crippen LogP contribution in [0.4, 0.5) is 5.69 Å². The summed E-state index contributed by atoms with van der Waals surface area (Å²) in [7, 11) is -3.67. The number of pyridine rings is 1. The number of anilines is 1. The molecule has 1 aliphatic heterocycles. The van der Waals surface area contributed by atoms with Crippen LogP contribution < -0.4 is 9.62 Å². The highest BCUT2D eigenvalue weighted by Crippen LogP contribution is 2.30. The van der Waals surface area contributed by atoms with Crippen molar-refractivity contribution in [3.8, 4) is 11.3 Å². The molecule has 2 aromatic heterocycles. The molecule has 0 spiro atoms. The summed E-state index contributed by atoms with van der Waals surface area (Å²) in [6.45, 7) is 2.33. The van der Waals surface area contributed by atoms with Crippen LogP contribution >= 0.6 is 11.3 Å². The number of benzene rings is 1. The summed E-state index contributed by atoms with van der Waals surface area (Å²) in [5.41, 5.74) is 3.52.